The van der Waals surface area contributed by atoms with E-state index in [1.807, 2.05) is 12.1 Å². The zero-order chi connectivity index (χ0) is 14.8. The Hall–Kier alpha value is -2.49. The predicted octanol–water partition coefficient (Wildman–Crippen LogP) is 3.50. The minimum Gasteiger partial charge on any atom is -0.481 e. The average molecular weight is 280 g/mol. The molecule has 4 heteroatoms. The summed E-state index contributed by atoms with van der Waals surface area (Å²) in [4.78, 5) is 19.6. The van der Waals surface area contributed by atoms with Gasteiger partial charge in [0.2, 0.25) is 0 Å². The van der Waals surface area contributed by atoms with Crippen LogP contribution in [0.5, 0.6) is 0 Å². The molecular formula is C17H16N2O2. The number of nitrogens with zero attached hydrogens (tertiary/aromatic N) is 2. The van der Waals surface area contributed by atoms with E-state index in [1.165, 1.54) is 5.56 Å². The normalized spacial score (nSPS) is 11.1. The average Bonchev–Trinajstić information content (AvgIpc) is 2.47. The molecule has 4 nitrogen and oxygen atoms in total. The van der Waals surface area contributed by atoms with Crippen LogP contribution in [0.3, 0.4) is 0 Å². The van der Waals surface area contributed by atoms with Crippen molar-refractivity contribution in [2.45, 2.75) is 26.2 Å². The van der Waals surface area contributed by atoms with Crippen LogP contribution in [0.15, 0.2) is 36.7 Å². The smallest absolute Gasteiger partial charge is 0.303 e. The quantitative estimate of drug-likeness (QED) is 0.743. The number of aromatic nitrogens is 2. The molecule has 0 saturated carbocycles. The first-order valence-electron chi connectivity index (χ1n) is 7.00. The third-order valence-electron chi connectivity index (χ3n) is 3.77. The van der Waals surface area contributed by atoms with Crippen molar-refractivity contribution in [1.82, 2.24) is 9.97 Å². The predicted molar refractivity (Wildman–Crippen MR) is 82.4 cm³/mol. The molecule has 0 saturated heterocycles. The van der Waals surface area contributed by atoms with E-state index in [2.05, 4.69) is 29.0 Å². The largest absolute Gasteiger partial charge is 0.481 e. The first-order valence-corrected chi connectivity index (χ1v) is 7.00. The van der Waals surface area contributed by atoms with Gasteiger partial charge in [0.25, 0.3) is 0 Å². The van der Waals surface area contributed by atoms with E-state index in [9.17, 15) is 4.79 Å². The van der Waals surface area contributed by atoms with E-state index in [4.69, 9.17) is 5.11 Å². The van der Waals surface area contributed by atoms with Gasteiger partial charge in [-0.15, -0.1) is 0 Å². The van der Waals surface area contributed by atoms with Gasteiger partial charge in [0, 0.05) is 29.6 Å². The topological polar surface area (TPSA) is 63.1 Å². The summed E-state index contributed by atoms with van der Waals surface area (Å²) in [6.07, 6.45) is 5.14. The molecule has 2 aromatic heterocycles. The number of carboxylic acids is 1. The summed E-state index contributed by atoms with van der Waals surface area (Å²) in [5.74, 6) is -0.754. The zero-order valence-electron chi connectivity index (χ0n) is 11.8. The molecule has 106 valence electrons. The second kappa shape index (κ2) is 5.48. The summed E-state index contributed by atoms with van der Waals surface area (Å²) in [7, 11) is 0. The molecule has 0 aliphatic heterocycles. The Morgan fingerprint density at radius 2 is 1.71 bits per heavy atom. The van der Waals surface area contributed by atoms with Crippen LogP contribution in [0, 0.1) is 6.92 Å². The lowest BCUT2D eigenvalue weighted by atomic mass is 10.0. The lowest BCUT2D eigenvalue weighted by Crippen LogP contribution is -1.97. The Bertz CT molecular complexity index is 827. The first kappa shape index (κ1) is 13.5. The highest BCUT2D eigenvalue weighted by molar-refractivity contribution is 6.04. The molecule has 0 atom stereocenters. The number of carboxylic acid groups (broad SMARTS) is 1. The molecule has 0 aliphatic rings. The molecule has 21 heavy (non-hydrogen) atoms. The van der Waals surface area contributed by atoms with Crippen molar-refractivity contribution in [3.05, 3.63) is 47.8 Å². The van der Waals surface area contributed by atoms with Gasteiger partial charge in [0.1, 0.15) is 0 Å². The number of hydrogen-bond acceptors (Lipinski definition) is 3. The maximum atomic E-state index is 10.6. The Balaban J connectivity index is 2.09. The van der Waals surface area contributed by atoms with Crippen LogP contribution in [-0.2, 0) is 11.2 Å². The van der Waals surface area contributed by atoms with Crippen LogP contribution in [0.25, 0.3) is 21.8 Å². The standard InChI is InChI=1S/C17H16N2O2/c1-11-7-9-18-16-13(11)5-6-14-12(3-2-4-15(20)21)8-10-19-17(14)16/h5-10H,2-4H2,1H3,(H,20,21). The van der Waals surface area contributed by atoms with Crippen LogP contribution < -0.4 is 0 Å². The third-order valence-corrected chi connectivity index (χ3v) is 3.77. The molecule has 2 heterocycles. The summed E-state index contributed by atoms with van der Waals surface area (Å²) < 4.78 is 0. The molecule has 0 unspecified atom stereocenters. The fourth-order valence-electron chi connectivity index (χ4n) is 2.67. The molecule has 0 aliphatic carbocycles. The summed E-state index contributed by atoms with van der Waals surface area (Å²) >= 11 is 0. The first-order chi connectivity index (χ1) is 10.2. The fourth-order valence-corrected chi connectivity index (χ4v) is 2.67. The van der Waals surface area contributed by atoms with Gasteiger partial charge in [0.05, 0.1) is 11.0 Å². The Morgan fingerprint density at radius 1 is 1.05 bits per heavy atom. The number of carbonyl (C=O) groups is 1. The van der Waals surface area contributed by atoms with Crippen LogP contribution in [0.2, 0.25) is 0 Å². The van der Waals surface area contributed by atoms with Crippen molar-refractivity contribution in [2.24, 2.45) is 0 Å². The molecule has 0 spiro atoms. The van der Waals surface area contributed by atoms with E-state index in [1.54, 1.807) is 12.4 Å². The van der Waals surface area contributed by atoms with Gasteiger partial charge in [-0.3, -0.25) is 14.8 Å². The van der Waals surface area contributed by atoms with Crippen LogP contribution in [0.4, 0.5) is 0 Å². The van der Waals surface area contributed by atoms with Gasteiger partial charge in [0.15, 0.2) is 0 Å². The summed E-state index contributed by atoms with van der Waals surface area (Å²) in [6.45, 7) is 2.06. The van der Waals surface area contributed by atoms with Gasteiger partial charge in [-0.25, -0.2) is 0 Å². The fraction of sp³-hybridized carbons (Fsp3) is 0.235. The lowest BCUT2D eigenvalue weighted by Gasteiger charge is -2.08. The molecule has 0 bridgehead atoms. The molecule has 3 rings (SSSR count). The molecular weight excluding hydrogens is 264 g/mol. The van der Waals surface area contributed by atoms with Crippen molar-refractivity contribution < 1.29 is 9.90 Å². The van der Waals surface area contributed by atoms with Gasteiger partial charge in [-0.1, -0.05) is 12.1 Å². The van der Waals surface area contributed by atoms with E-state index in [0.717, 1.165) is 33.8 Å². The molecule has 0 amide bonds. The van der Waals surface area contributed by atoms with Crippen LogP contribution >= 0.6 is 0 Å². The third kappa shape index (κ3) is 2.57. The van der Waals surface area contributed by atoms with Crippen molar-refractivity contribution >= 4 is 27.8 Å². The van der Waals surface area contributed by atoms with Gasteiger partial charge in [-0.05, 0) is 43.0 Å². The van der Waals surface area contributed by atoms with Crippen molar-refractivity contribution in [3.8, 4) is 0 Å². The van der Waals surface area contributed by atoms with E-state index in [0.29, 0.717) is 6.42 Å². The summed E-state index contributed by atoms with van der Waals surface area (Å²) in [6, 6.07) is 8.09. The van der Waals surface area contributed by atoms with E-state index >= 15 is 0 Å². The molecule has 1 N–H and O–H groups in total. The van der Waals surface area contributed by atoms with E-state index < -0.39 is 5.97 Å². The second-order valence-electron chi connectivity index (χ2n) is 5.20. The number of benzene rings is 1. The second-order valence-corrected chi connectivity index (χ2v) is 5.20. The summed E-state index contributed by atoms with van der Waals surface area (Å²) in [5, 5.41) is 10.9. The minimum atomic E-state index is -0.754. The number of fused-ring (bicyclic) bond motifs is 3. The SMILES string of the molecule is Cc1ccnc2c1ccc1c(CCCC(=O)O)ccnc12. The van der Waals surface area contributed by atoms with Gasteiger partial charge in [-0.2, -0.15) is 0 Å². The minimum absolute atomic E-state index is 0.189. The van der Waals surface area contributed by atoms with Crippen molar-refractivity contribution in [1.29, 1.82) is 0 Å². The highest BCUT2D eigenvalue weighted by Gasteiger charge is 2.08. The summed E-state index contributed by atoms with van der Waals surface area (Å²) in [5.41, 5.74) is 4.11. The monoisotopic (exact) mass is 280 g/mol. The maximum absolute atomic E-state index is 10.6. The van der Waals surface area contributed by atoms with Crippen molar-refractivity contribution in [3.63, 3.8) is 0 Å². The number of hydrogen-bond donors (Lipinski definition) is 1. The molecule has 0 radical (unpaired) electrons. The Labute approximate surface area is 122 Å². The highest BCUT2D eigenvalue weighted by atomic mass is 16.4. The number of aliphatic carboxylic acids is 1. The van der Waals surface area contributed by atoms with Gasteiger partial charge >= 0.3 is 5.97 Å². The van der Waals surface area contributed by atoms with Crippen LogP contribution in [-0.4, -0.2) is 21.0 Å². The Morgan fingerprint density at radius 3 is 2.48 bits per heavy atom. The number of aryl methyl sites for hydroxylation is 2. The Kier molecular flexibility index (Phi) is 3.52. The number of rotatable bonds is 4. The van der Waals surface area contributed by atoms with Crippen LogP contribution in [0.1, 0.15) is 24.0 Å². The maximum Gasteiger partial charge on any atom is 0.303 e. The van der Waals surface area contributed by atoms with Crippen molar-refractivity contribution in [2.75, 3.05) is 0 Å². The van der Waals surface area contributed by atoms with E-state index in [-0.39, 0.29) is 6.42 Å². The lowest BCUT2D eigenvalue weighted by molar-refractivity contribution is -0.137. The molecule has 3 aromatic rings. The number of pyridine rings is 2. The highest BCUT2D eigenvalue weighted by Crippen LogP contribution is 2.26. The van der Waals surface area contributed by atoms with Gasteiger partial charge < -0.3 is 5.11 Å². The molecule has 1 aromatic carbocycles. The molecule has 0 fully saturated rings. The zero-order valence-corrected chi connectivity index (χ0v) is 11.8.